The van der Waals surface area contributed by atoms with Gasteiger partial charge in [0.1, 0.15) is 6.33 Å². The molecule has 3 rings (SSSR count). The smallest absolute Gasteiger partial charge is 0.115 e. The average Bonchev–Trinajstić information content (AvgIpc) is 2.47. The van der Waals surface area contributed by atoms with Gasteiger partial charge in [0, 0.05) is 18.0 Å². The van der Waals surface area contributed by atoms with Crippen molar-refractivity contribution in [3.05, 3.63) is 48.0 Å². The minimum Gasteiger partial charge on any atom is -0.244 e. The molecule has 0 amide bonds. The monoisotopic (exact) mass is 252 g/mol. The molecule has 0 aliphatic heterocycles. The van der Waals surface area contributed by atoms with Crippen LogP contribution in [0.15, 0.2) is 36.9 Å². The van der Waals surface area contributed by atoms with E-state index in [0.29, 0.717) is 0 Å². The molecule has 19 heavy (non-hydrogen) atoms. The second kappa shape index (κ2) is 5.12. The van der Waals surface area contributed by atoms with Crippen molar-refractivity contribution in [3.63, 3.8) is 0 Å². The highest BCUT2D eigenvalue weighted by Gasteiger charge is 2.23. The Kier molecular flexibility index (Phi) is 3.33. The summed E-state index contributed by atoms with van der Waals surface area (Å²) in [5.74, 6) is 1.56. The number of hydrogen-bond acceptors (Lipinski definition) is 2. The number of aromatic nitrogens is 2. The van der Waals surface area contributed by atoms with Crippen LogP contribution >= 0.6 is 0 Å². The summed E-state index contributed by atoms with van der Waals surface area (Å²) in [4.78, 5) is 8.31. The van der Waals surface area contributed by atoms with Gasteiger partial charge >= 0.3 is 0 Å². The van der Waals surface area contributed by atoms with E-state index in [9.17, 15) is 0 Å². The maximum Gasteiger partial charge on any atom is 0.115 e. The first kappa shape index (κ1) is 12.3. The molecule has 1 heterocycles. The van der Waals surface area contributed by atoms with Crippen LogP contribution in [0.3, 0.4) is 0 Å². The third-order valence-corrected chi connectivity index (χ3v) is 4.34. The first-order valence-electron chi connectivity index (χ1n) is 7.12. The van der Waals surface area contributed by atoms with Crippen LogP contribution < -0.4 is 0 Å². The zero-order chi connectivity index (χ0) is 13.2. The van der Waals surface area contributed by atoms with Crippen LogP contribution in [0.2, 0.25) is 0 Å². The van der Waals surface area contributed by atoms with Crippen molar-refractivity contribution >= 4 is 0 Å². The number of rotatable bonds is 2. The van der Waals surface area contributed by atoms with Crippen molar-refractivity contribution in [1.82, 2.24) is 9.97 Å². The summed E-state index contributed by atoms with van der Waals surface area (Å²) in [6.07, 6.45) is 9.15. The first-order chi connectivity index (χ1) is 9.25. The standard InChI is InChI=1S/C17H20N2/c1-12(2)14-7-6-13-4-3-5-16(17(13)8-14)15-9-18-11-19-10-15/h3-5,9-12,14H,6-8H2,1-2H3. The summed E-state index contributed by atoms with van der Waals surface area (Å²) in [5, 5.41) is 0. The van der Waals surface area contributed by atoms with Crippen molar-refractivity contribution in [3.8, 4) is 11.1 Å². The third-order valence-electron chi connectivity index (χ3n) is 4.34. The SMILES string of the molecule is CC(C)C1CCc2cccc(-c3cncnc3)c2C1. The second-order valence-corrected chi connectivity index (χ2v) is 5.82. The molecular formula is C17H20N2. The molecule has 0 bridgehead atoms. The summed E-state index contributed by atoms with van der Waals surface area (Å²) in [5.41, 5.74) is 5.49. The van der Waals surface area contributed by atoms with E-state index in [0.717, 1.165) is 17.4 Å². The summed E-state index contributed by atoms with van der Waals surface area (Å²) >= 11 is 0. The van der Waals surface area contributed by atoms with E-state index in [-0.39, 0.29) is 0 Å². The fourth-order valence-corrected chi connectivity index (χ4v) is 3.09. The molecular weight excluding hydrogens is 232 g/mol. The van der Waals surface area contributed by atoms with Crippen molar-refractivity contribution < 1.29 is 0 Å². The van der Waals surface area contributed by atoms with E-state index in [4.69, 9.17) is 0 Å². The Labute approximate surface area is 114 Å². The van der Waals surface area contributed by atoms with Crippen LogP contribution in [0.4, 0.5) is 0 Å². The van der Waals surface area contributed by atoms with Gasteiger partial charge in [-0.05, 0) is 47.8 Å². The Morgan fingerprint density at radius 1 is 1.16 bits per heavy atom. The summed E-state index contributed by atoms with van der Waals surface area (Å²) < 4.78 is 0. The number of benzene rings is 1. The highest BCUT2D eigenvalue weighted by Crippen LogP contribution is 2.35. The van der Waals surface area contributed by atoms with Crippen LogP contribution in [-0.2, 0) is 12.8 Å². The van der Waals surface area contributed by atoms with Gasteiger partial charge in [0.15, 0.2) is 0 Å². The van der Waals surface area contributed by atoms with E-state index in [1.54, 1.807) is 6.33 Å². The van der Waals surface area contributed by atoms with Gasteiger partial charge in [-0.2, -0.15) is 0 Å². The van der Waals surface area contributed by atoms with Gasteiger partial charge in [-0.3, -0.25) is 0 Å². The Hall–Kier alpha value is -1.70. The number of fused-ring (bicyclic) bond motifs is 1. The van der Waals surface area contributed by atoms with Gasteiger partial charge in [-0.25, -0.2) is 9.97 Å². The van der Waals surface area contributed by atoms with Gasteiger partial charge in [0.05, 0.1) is 0 Å². The second-order valence-electron chi connectivity index (χ2n) is 5.82. The van der Waals surface area contributed by atoms with Gasteiger partial charge in [0.25, 0.3) is 0 Å². The molecule has 98 valence electrons. The average molecular weight is 252 g/mol. The molecule has 1 aromatic heterocycles. The Morgan fingerprint density at radius 2 is 1.95 bits per heavy atom. The molecule has 1 aromatic carbocycles. The molecule has 0 spiro atoms. The van der Waals surface area contributed by atoms with Crippen LogP contribution in [0, 0.1) is 11.8 Å². The minimum absolute atomic E-state index is 0.758. The van der Waals surface area contributed by atoms with Crippen molar-refractivity contribution in [1.29, 1.82) is 0 Å². The minimum atomic E-state index is 0.758. The lowest BCUT2D eigenvalue weighted by Crippen LogP contribution is -2.19. The molecule has 0 saturated heterocycles. The van der Waals surface area contributed by atoms with E-state index in [1.807, 2.05) is 12.4 Å². The van der Waals surface area contributed by atoms with Gasteiger partial charge in [0.2, 0.25) is 0 Å². The zero-order valence-electron chi connectivity index (χ0n) is 11.6. The predicted molar refractivity (Wildman–Crippen MR) is 77.8 cm³/mol. The quantitative estimate of drug-likeness (QED) is 0.810. The summed E-state index contributed by atoms with van der Waals surface area (Å²) in [6, 6.07) is 6.65. The maximum absolute atomic E-state index is 4.15. The molecule has 2 heteroatoms. The first-order valence-corrected chi connectivity index (χ1v) is 7.12. The van der Waals surface area contributed by atoms with E-state index >= 15 is 0 Å². The number of hydrogen-bond donors (Lipinski definition) is 0. The molecule has 0 radical (unpaired) electrons. The van der Waals surface area contributed by atoms with E-state index in [2.05, 4.69) is 42.0 Å². The predicted octanol–water partition coefficient (Wildman–Crippen LogP) is 3.90. The molecule has 1 aliphatic rings. The lowest BCUT2D eigenvalue weighted by atomic mass is 9.76. The lowest BCUT2D eigenvalue weighted by molar-refractivity contribution is 0.343. The Balaban J connectivity index is 2.04. The third kappa shape index (κ3) is 2.40. The Morgan fingerprint density at radius 3 is 2.68 bits per heavy atom. The molecule has 1 unspecified atom stereocenters. The van der Waals surface area contributed by atoms with Crippen LogP contribution in [-0.4, -0.2) is 9.97 Å². The summed E-state index contributed by atoms with van der Waals surface area (Å²) in [7, 11) is 0. The maximum atomic E-state index is 4.15. The number of nitrogens with zero attached hydrogens (tertiary/aromatic N) is 2. The molecule has 2 aromatic rings. The van der Waals surface area contributed by atoms with Crippen LogP contribution in [0.25, 0.3) is 11.1 Å². The van der Waals surface area contributed by atoms with Crippen LogP contribution in [0.5, 0.6) is 0 Å². The molecule has 0 N–H and O–H groups in total. The van der Waals surface area contributed by atoms with E-state index < -0.39 is 0 Å². The van der Waals surface area contributed by atoms with Crippen LogP contribution in [0.1, 0.15) is 31.4 Å². The van der Waals surface area contributed by atoms with E-state index in [1.165, 1.54) is 36.0 Å². The number of aryl methyl sites for hydroxylation is 1. The molecule has 1 atom stereocenters. The van der Waals surface area contributed by atoms with Gasteiger partial charge < -0.3 is 0 Å². The topological polar surface area (TPSA) is 25.8 Å². The molecule has 1 aliphatic carbocycles. The molecule has 0 saturated carbocycles. The van der Waals surface area contributed by atoms with Crippen molar-refractivity contribution in [2.45, 2.75) is 33.1 Å². The van der Waals surface area contributed by atoms with Gasteiger partial charge in [-0.15, -0.1) is 0 Å². The van der Waals surface area contributed by atoms with Crippen molar-refractivity contribution in [2.75, 3.05) is 0 Å². The normalized spacial score (nSPS) is 18.4. The fourth-order valence-electron chi connectivity index (χ4n) is 3.09. The molecule has 0 fully saturated rings. The fraction of sp³-hybridized carbons (Fsp3) is 0.412. The Bertz CT molecular complexity index is 561. The van der Waals surface area contributed by atoms with Crippen molar-refractivity contribution in [2.24, 2.45) is 11.8 Å². The molecule has 2 nitrogen and oxygen atoms in total. The summed E-state index contributed by atoms with van der Waals surface area (Å²) in [6.45, 7) is 4.67. The zero-order valence-corrected chi connectivity index (χ0v) is 11.6. The lowest BCUT2D eigenvalue weighted by Gasteiger charge is -2.29. The largest absolute Gasteiger partial charge is 0.244 e. The van der Waals surface area contributed by atoms with Gasteiger partial charge in [-0.1, -0.05) is 32.0 Å². The highest BCUT2D eigenvalue weighted by atomic mass is 14.8. The highest BCUT2D eigenvalue weighted by molar-refractivity contribution is 5.67.